The van der Waals surface area contributed by atoms with Crippen LogP contribution >= 0.6 is 35.0 Å². The van der Waals surface area contributed by atoms with Gasteiger partial charge in [0.05, 0.1) is 34.0 Å². The number of carbonyl (C=O) groups is 2. The molecule has 0 unspecified atom stereocenters. The number of benzene rings is 2. The fraction of sp³-hybridized carbons (Fsp3) is 0.320. The van der Waals surface area contributed by atoms with Gasteiger partial charge in [-0.3, -0.25) is 4.79 Å². The maximum Gasteiger partial charge on any atom is 0.338 e. The fourth-order valence-electron chi connectivity index (χ4n) is 3.96. The topological polar surface area (TPSA) is 80.2 Å². The second-order valence-electron chi connectivity index (χ2n) is 8.03. The highest BCUT2D eigenvalue weighted by Gasteiger charge is 2.37. The molecule has 2 heterocycles. The van der Waals surface area contributed by atoms with Crippen LogP contribution in [0.4, 0.5) is 5.69 Å². The molecule has 2 aromatic rings. The van der Waals surface area contributed by atoms with Crippen LogP contribution in [0.2, 0.25) is 10.0 Å². The van der Waals surface area contributed by atoms with Crippen molar-refractivity contribution in [2.24, 2.45) is 4.99 Å². The largest absolute Gasteiger partial charge is 0.460 e. The third-order valence-electron chi connectivity index (χ3n) is 5.67. The van der Waals surface area contributed by atoms with Crippen LogP contribution in [0.1, 0.15) is 35.3 Å². The van der Waals surface area contributed by atoms with Crippen LogP contribution in [-0.2, 0) is 14.3 Å². The number of amidine groups is 1. The van der Waals surface area contributed by atoms with Gasteiger partial charge in [-0.1, -0.05) is 47.1 Å². The average molecular weight is 534 g/mol. The van der Waals surface area contributed by atoms with E-state index in [4.69, 9.17) is 37.7 Å². The number of hydrogen-bond donors (Lipinski definition) is 1. The van der Waals surface area contributed by atoms with Crippen molar-refractivity contribution in [2.75, 3.05) is 37.9 Å². The van der Waals surface area contributed by atoms with Crippen LogP contribution in [0.25, 0.3) is 0 Å². The summed E-state index contributed by atoms with van der Waals surface area (Å²) in [7, 11) is 1.56. The molecule has 184 valence electrons. The van der Waals surface area contributed by atoms with E-state index >= 15 is 0 Å². The molecule has 2 aliphatic heterocycles. The lowest BCUT2D eigenvalue weighted by Crippen LogP contribution is -2.42. The van der Waals surface area contributed by atoms with E-state index < -0.39 is 5.97 Å². The van der Waals surface area contributed by atoms with E-state index in [0.29, 0.717) is 39.2 Å². The van der Waals surface area contributed by atoms with E-state index in [1.807, 2.05) is 31.2 Å². The van der Waals surface area contributed by atoms with Crippen LogP contribution in [0.3, 0.4) is 0 Å². The Balaban J connectivity index is 1.58. The second kappa shape index (κ2) is 11.5. The van der Waals surface area contributed by atoms with Gasteiger partial charge in [0.1, 0.15) is 6.61 Å². The first-order valence-corrected chi connectivity index (χ1v) is 12.8. The molecule has 35 heavy (non-hydrogen) atoms. The number of nitrogens with zero attached hydrogens (tertiary/aromatic N) is 2. The molecule has 1 amide bonds. The summed E-state index contributed by atoms with van der Waals surface area (Å²) in [6, 6.07) is 11.9. The monoisotopic (exact) mass is 533 g/mol. The number of allylic oxidation sites excluding steroid dienone is 1. The van der Waals surface area contributed by atoms with E-state index in [9.17, 15) is 9.59 Å². The van der Waals surface area contributed by atoms with Crippen LogP contribution in [0.15, 0.2) is 58.7 Å². The number of esters is 1. The van der Waals surface area contributed by atoms with E-state index in [0.717, 1.165) is 29.4 Å². The SMILES string of the molecule is COCCOC(=O)C1=C(C)N=C2SCCCN2[C@H]1c1ccc(NC(=O)c2ccc(Cl)c(Cl)c2)cc1. The Labute approximate surface area is 218 Å². The van der Waals surface area contributed by atoms with Crippen molar-refractivity contribution in [1.82, 2.24) is 4.90 Å². The molecular formula is C25H25Cl2N3O4S. The van der Waals surface area contributed by atoms with Crippen molar-refractivity contribution < 1.29 is 19.1 Å². The number of halogens is 2. The number of methoxy groups -OCH3 is 1. The number of anilines is 1. The highest BCUT2D eigenvalue weighted by atomic mass is 35.5. The molecule has 1 saturated heterocycles. The lowest BCUT2D eigenvalue weighted by molar-refractivity contribution is -0.141. The molecule has 0 aliphatic carbocycles. The number of carbonyl (C=O) groups excluding carboxylic acids is 2. The van der Waals surface area contributed by atoms with Crippen molar-refractivity contribution in [3.05, 3.63) is 74.9 Å². The molecule has 1 fully saturated rings. The molecule has 2 aromatic carbocycles. The van der Waals surface area contributed by atoms with E-state index in [1.54, 1.807) is 31.0 Å². The van der Waals surface area contributed by atoms with Crippen molar-refractivity contribution >= 4 is 57.7 Å². The number of aliphatic imine (C=N–C) groups is 1. The van der Waals surface area contributed by atoms with Gasteiger partial charge < -0.3 is 19.7 Å². The molecule has 7 nitrogen and oxygen atoms in total. The number of rotatable bonds is 7. The summed E-state index contributed by atoms with van der Waals surface area (Å²) in [5.41, 5.74) is 3.09. The minimum atomic E-state index is -0.403. The Kier molecular flexibility index (Phi) is 8.38. The quantitative estimate of drug-likeness (QED) is 0.370. The number of ether oxygens (including phenoxy) is 2. The van der Waals surface area contributed by atoms with Crippen molar-refractivity contribution in [1.29, 1.82) is 0 Å². The summed E-state index contributed by atoms with van der Waals surface area (Å²) in [6.45, 7) is 3.12. The van der Waals surface area contributed by atoms with Gasteiger partial charge in [-0.05, 0) is 49.2 Å². The van der Waals surface area contributed by atoms with Crippen LogP contribution < -0.4 is 5.32 Å². The maximum atomic E-state index is 13.0. The highest BCUT2D eigenvalue weighted by molar-refractivity contribution is 8.13. The van der Waals surface area contributed by atoms with Gasteiger partial charge in [0.25, 0.3) is 5.91 Å². The molecule has 2 aliphatic rings. The number of amides is 1. The first-order chi connectivity index (χ1) is 16.9. The van der Waals surface area contributed by atoms with E-state index in [-0.39, 0.29) is 18.6 Å². The Morgan fingerprint density at radius 1 is 1.14 bits per heavy atom. The zero-order valence-corrected chi connectivity index (χ0v) is 21.7. The van der Waals surface area contributed by atoms with Crippen molar-refractivity contribution in [3.63, 3.8) is 0 Å². The first-order valence-electron chi connectivity index (χ1n) is 11.1. The van der Waals surface area contributed by atoms with Crippen LogP contribution in [-0.4, -0.2) is 54.6 Å². The predicted molar refractivity (Wildman–Crippen MR) is 140 cm³/mol. The normalized spacial score (nSPS) is 17.5. The summed E-state index contributed by atoms with van der Waals surface area (Å²) >= 11 is 13.7. The molecule has 1 atom stereocenters. The Bertz CT molecular complexity index is 1180. The first kappa shape index (κ1) is 25.6. The van der Waals surface area contributed by atoms with Crippen molar-refractivity contribution in [2.45, 2.75) is 19.4 Å². The Morgan fingerprint density at radius 3 is 2.63 bits per heavy atom. The smallest absolute Gasteiger partial charge is 0.338 e. The van der Waals surface area contributed by atoms with Gasteiger partial charge in [0, 0.05) is 30.7 Å². The van der Waals surface area contributed by atoms with Gasteiger partial charge in [-0.25, -0.2) is 9.79 Å². The summed E-state index contributed by atoms with van der Waals surface area (Å²) in [5, 5.41) is 4.48. The number of hydrogen-bond acceptors (Lipinski definition) is 7. The van der Waals surface area contributed by atoms with Crippen LogP contribution in [0, 0.1) is 0 Å². The minimum Gasteiger partial charge on any atom is -0.460 e. The van der Waals surface area contributed by atoms with Gasteiger partial charge >= 0.3 is 5.97 Å². The number of nitrogens with one attached hydrogen (secondary N) is 1. The van der Waals surface area contributed by atoms with Crippen LogP contribution in [0.5, 0.6) is 0 Å². The Morgan fingerprint density at radius 2 is 1.91 bits per heavy atom. The lowest BCUT2D eigenvalue weighted by atomic mass is 9.94. The number of thioether (sulfide) groups is 1. The summed E-state index contributed by atoms with van der Waals surface area (Å²) in [6.07, 6.45) is 0.989. The van der Waals surface area contributed by atoms with Gasteiger partial charge in [-0.2, -0.15) is 0 Å². The average Bonchev–Trinajstić information content (AvgIpc) is 2.85. The zero-order valence-electron chi connectivity index (χ0n) is 19.3. The lowest BCUT2D eigenvalue weighted by Gasteiger charge is -2.40. The maximum absolute atomic E-state index is 13.0. The fourth-order valence-corrected chi connectivity index (χ4v) is 5.28. The molecule has 0 aromatic heterocycles. The molecule has 0 radical (unpaired) electrons. The van der Waals surface area contributed by atoms with Crippen molar-refractivity contribution in [3.8, 4) is 0 Å². The minimum absolute atomic E-state index is 0.170. The van der Waals surface area contributed by atoms with E-state index in [1.165, 1.54) is 6.07 Å². The number of fused-ring (bicyclic) bond motifs is 1. The highest BCUT2D eigenvalue weighted by Crippen LogP contribution is 2.40. The van der Waals surface area contributed by atoms with Gasteiger partial charge in [0.2, 0.25) is 0 Å². The second-order valence-corrected chi connectivity index (χ2v) is 9.90. The summed E-state index contributed by atoms with van der Waals surface area (Å²) in [4.78, 5) is 32.5. The molecule has 0 bridgehead atoms. The Hall–Kier alpha value is -2.52. The van der Waals surface area contributed by atoms with Gasteiger partial charge in [0.15, 0.2) is 5.17 Å². The molecular weight excluding hydrogens is 509 g/mol. The third-order valence-corrected chi connectivity index (χ3v) is 7.48. The van der Waals surface area contributed by atoms with E-state index in [2.05, 4.69) is 10.2 Å². The molecule has 1 N–H and O–H groups in total. The molecule has 4 rings (SSSR count). The summed E-state index contributed by atoms with van der Waals surface area (Å²) in [5.74, 6) is 0.289. The molecule has 10 heteroatoms. The third kappa shape index (κ3) is 5.83. The molecule has 0 spiro atoms. The standard InChI is InChI=1S/C25H25Cl2N3O4S/c1-15-21(24(32)34-12-11-33-2)22(30-10-3-13-35-25(30)28-15)16-4-7-18(8-5-16)29-23(31)17-6-9-19(26)20(27)14-17/h4-9,14,22H,3,10-13H2,1-2H3,(H,29,31)/t22-/m0/s1. The predicted octanol–water partition coefficient (Wildman–Crippen LogP) is 5.56. The van der Waals surface area contributed by atoms with Gasteiger partial charge in [-0.15, -0.1) is 0 Å². The molecule has 0 saturated carbocycles. The zero-order chi connectivity index (χ0) is 24.9. The summed E-state index contributed by atoms with van der Waals surface area (Å²) < 4.78 is 10.5.